The van der Waals surface area contributed by atoms with E-state index in [4.69, 9.17) is 0 Å². The number of hydrogen-bond acceptors (Lipinski definition) is 6. The molecule has 3 heterocycles. The SMILES string of the molecule is c1ccc(CNCc2cccn2-c2nnc(N3CCN(c4ccccc4)CC3)s2)cc1. The normalized spacial score (nSPS) is 14.2. The Hall–Kier alpha value is -3.16. The molecule has 6 nitrogen and oxygen atoms in total. The number of nitrogens with zero attached hydrogens (tertiary/aromatic N) is 5. The van der Waals surface area contributed by atoms with E-state index in [0.29, 0.717) is 0 Å². The van der Waals surface area contributed by atoms with Gasteiger partial charge in [-0.15, -0.1) is 10.2 Å². The predicted octanol–water partition coefficient (Wildman–Crippen LogP) is 3.95. The average Bonchev–Trinajstić information content (AvgIpc) is 3.50. The minimum atomic E-state index is 0.784. The number of aromatic nitrogens is 3. The third-order valence-electron chi connectivity index (χ3n) is 5.59. The van der Waals surface area contributed by atoms with Crippen molar-refractivity contribution in [2.24, 2.45) is 0 Å². The Morgan fingerprint density at radius 1 is 0.710 bits per heavy atom. The maximum absolute atomic E-state index is 4.50. The van der Waals surface area contributed by atoms with Crippen molar-refractivity contribution < 1.29 is 0 Å². The lowest BCUT2D eigenvalue weighted by Crippen LogP contribution is -2.46. The first-order chi connectivity index (χ1) is 15.4. The maximum Gasteiger partial charge on any atom is 0.218 e. The summed E-state index contributed by atoms with van der Waals surface area (Å²) >= 11 is 1.66. The molecule has 1 saturated heterocycles. The fourth-order valence-electron chi connectivity index (χ4n) is 3.91. The van der Waals surface area contributed by atoms with E-state index >= 15 is 0 Å². The van der Waals surface area contributed by atoms with Gasteiger partial charge >= 0.3 is 0 Å². The molecule has 0 saturated carbocycles. The minimum absolute atomic E-state index is 0.784. The zero-order valence-corrected chi connectivity index (χ0v) is 18.2. The lowest BCUT2D eigenvalue weighted by Gasteiger charge is -2.35. The molecule has 7 heteroatoms. The van der Waals surface area contributed by atoms with Crippen LogP contribution in [0, 0.1) is 0 Å². The highest BCUT2D eigenvalue weighted by Gasteiger charge is 2.21. The van der Waals surface area contributed by atoms with Crippen LogP contribution in [0.5, 0.6) is 0 Å². The second kappa shape index (κ2) is 9.32. The van der Waals surface area contributed by atoms with E-state index in [-0.39, 0.29) is 0 Å². The van der Waals surface area contributed by atoms with Gasteiger partial charge in [0.25, 0.3) is 0 Å². The van der Waals surface area contributed by atoms with Crippen LogP contribution in [0.2, 0.25) is 0 Å². The molecule has 0 bridgehead atoms. The van der Waals surface area contributed by atoms with Crippen LogP contribution in [0.1, 0.15) is 11.3 Å². The summed E-state index contributed by atoms with van der Waals surface area (Å²) in [6.07, 6.45) is 2.07. The predicted molar refractivity (Wildman–Crippen MR) is 127 cm³/mol. The summed E-state index contributed by atoms with van der Waals surface area (Å²) in [7, 11) is 0. The molecule has 0 spiro atoms. The number of rotatable bonds is 7. The first-order valence-corrected chi connectivity index (χ1v) is 11.5. The molecular weight excluding hydrogens is 404 g/mol. The Bertz CT molecular complexity index is 1080. The summed E-state index contributed by atoms with van der Waals surface area (Å²) in [5.74, 6) is 0. The Kier molecular flexibility index (Phi) is 5.95. The average molecular weight is 431 g/mol. The zero-order valence-electron chi connectivity index (χ0n) is 17.4. The van der Waals surface area contributed by atoms with Crippen LogP contribution in [0.3, 0.4) is 0 Å². The molecule has 4 aromatic rings. The van der Waals surface area contributed by atoms with Gasteiger partial charge in [-0.05, 0) is 29.8 Å². The number of benzene rings is 2. The number of anilines is 2. The van der Waals surface area contributed by atoms with E-state index in [1.165, 1.54) is 16.9 Å². The van der Waals surface area contributed by atoms with Crippen molar-refractivity contribution in [1.82, 2.24) is 20.1 Å². The molecule has 158 valence electrons. The molecule has 2 aromatic carbocycles. The Morgan fingerprint density at radius 2 is 1.39 bits per heavy atom. The quantitative estimate of drug-likeness (QED) is 0.481. The van der Waals surface area contributed by atoms with Gasteiger partial charge in [-0.25, -0.2) is 0 Å². The molecule has 0 aliphatic carbocycles. The van der Waals surface area contributed by atoms with Gasteiger partial charge in [-0.3, -0.25) is 4.57 Å². The second-order valence-electron chi connectivity index (χ2n) is 7.64. The zero-order chi connectivity index (χ0) is 20.9. The fourth-order valence-corrected chi connectivity index (χ4v) is 4.82. The van der Waals surface area contributed by atoms with Crippen molar-refractivity contribution in [3.8, 4) is 5.13 Å². The van der Waals surface area contributed by atoms with Gasteiger partial charge in [0.15, 0.2) is 0 Å². The van der Waals surface area contributed by atoms with Crippen LogP contribution in [0.25, 0.3) is 5.13 Å². The molecule has 1 N–H and O–H groups in total. The molecule has 0 unspecified atom stereocenters. The van der Waals surface area contributed by atoms with Crippen LogP contribution >= 0.6 is 11.3 Å². The summed E-state index contributed by atoms with van der Waals surface area (Å²) in [4.78, 5) is 4.78. The van der Waals surface area contributed by atoms with Crippen molar-refractivity contribution in [2.45, 2.75) is 13.1 Å². The summed E-state index contributed by atoms with van der Waals surface area (Å²) in [6, 6.07) is 25.3. The standard InChI is InChI=1S/C24H26N6S/c1-3-8-20(9-4-1)18-25-19-22-12-7-13-30(22)24-27-26-23(31-24)29-16-14-28(15-17-29)21-10-5-2-6-11-21/h1-13,25H,14-19H2. The monoisotopic (exact) mass is 430 g/mol. The third kappa shape index (κ3) is 4.62. The molecule has 0 radical (unpaired) electrons. The molecule has 0 amide bonds. The van der Waals surface area contributed by atoms with Crippen molar-refractivity contribution in [3.63, 3.8) is 0 Å². The molecule has 5 rings (SSSR count). The number of piperazine rings is 1. The lowest BCUT2D eigenvalue weighted by atomic mass is 10.2. The van der Waals surface area contributed by atoms with Crippen molar-refractivity contribution in [1.29, 1.82) is 0 Å². The summed E-state index contributed by atoms with van der Waals surface area (Å²) < 4.78 is 2.14. The van der Waals surface area contributed by atoms with Crippen LogP contribution in [-0.4, -0.2) is 40.9 Å². The van der Waals surface area contributed by atoms with Gasteiger partial charge in [0, 0.05) is 56.8 Å². The first-order valence-electron chi connectivity index (χ1n) is 10.7. The highest BCUT2D eigenvalue weighted by Crippen LogP contribution is 2.26. The summed E-state index contributed by atoms with van der Waals surface area (Å²) in [5, 5.41) is 14.4. The van der Waals surface area contributed by atoms with Crippen molar-refractivity contribution >= 4 is 22.2 Å². The van der Waals surface area contributed by atoms with Crippen LogP contribution in [0.15, 0.2) is 79.0 Å². The van der Waals surface area contributed by atoms with Gasteiger partial charge in [-0.1, -0.05) is 59.9 Å². The smallest absolute Gasteiger partial charge is 0.218 e. The van der Waals surface area contributed by atoms with Gasteiger partial charge in [-0.2, -0.15) is 0 Å². The van der Waals surface area contributed by atoms with Crippen LogP contribution in [0.4, 0.5) is 10.8 Å². The molecule has 0 atom stereocenters. The van der Waals surface area contributed by atoms with E-state index in [1.54, 1.807) is 11.3 Å². The van der Waals surface area contributed by atoms with Gasteiger partial charge in [0.2, 0.25) is 10.3 Å². The van der Waals surface area contributed by atoms with Gasteiger partial charge in [0.05, 0.1) is 0 Å². The molecular formula is C24H26N6S. The van der Waals surface area contributed by atoms with E-state index in [0.717, 1.165) is 49.5 Å². The van der Waals surface area contributed by atoms with Crippen LogP contribution < -0.4 is 15.1 Å². The first kappa shape index (κ1) is 19.8. The number of para-hydroxylation sites is 1. The molecule has 1 aliphatic rings. The number of nitrogens with one attached hydrogen (secondary N) is 1. The van der Waals surface area contributed by atoms with Crippen molar-refractivity contribution in [3.05, 3.63) is 90.3 Å². The van der Waals surface area contributed by atoms with Crippen LogP contribution in [-0.2, 0) is 13.1 Å². The Labute approximate surface area is 186 Å². The van der Waals surface area contributed by atoms with Gasteiger partial charge in [0.1, 0.15) is 0 Å². The molecule has 1 aliphatic heterocycles. The van der Waals surface area contributed by atoms with E-state index < -0.39 is 0 Å². The summed E-state index contributed by atoms with van der Waals surface area (Å²) in [6.45, 7) is 5.54. The second-order valence-corrected chi connectivity index (χ2v) is 8.57. The van der Waals surface area contributed by atoms with Gasteiger partial charge < -0.3 is 15.1 Å². The highest BCUT2D eigenvalue weighted by atomic mass is 32.1. The highest BCUT2D eigenvalue weighted by molar-refractivity contribution is 7.17. The largest absolute Gasteiger partial charge is 0.368 e. The van der Waals surface area contributed by atoms with E-state index in [2.05, 4.69) is 103 Å². The van der Waals surface area contributed by atoms with E-state index in [1.807, 2.05) is 6.07 Å². The van der Waals surface area contributed by atoms with Crippen molar-refractivity contribution in [2.75, 3.05) is 36.0 Å². The number of hydrogen-bond donors (Lipinski definition) is 1. The third-order valence-corrected chi connectivity index (χ3v) is 6.58. The Morgan fingerprint density at radius 3 is 2.16 bits per heavy atom. The minimum Gasteiger partial charge on any atom is -0.368 e. The Balaban J connectivity index is 1.20. The molecule has 1 fully saturated rings. The topological polar surface area (TPSA) is 49.2 Å². The molecule has 2 aromatic heterocycles. The lowest BCUT2D eigenvalue weighted by molar-refractivity contribution is 0.649. The van der Waals surface area contributed by atoms with E-state index in [9.17, 15) is 0 Å². The fraction of sp³-hybridized carbons (Fsp3) is 0.250. The molecule has 31 heavy (non-hydrogen) atoms. The summed E-state index contributed by atoms with van der Waals surface area (Å²) in [5.41, 5.74) is 3.76. The maximum atomic E-state index is 4.50.